The first-order chi connectivity index (χ1) is 13.3. The zero-order valence-corrected chi connectivity index (χ0v) is 15.0. The van der Waals surface area contributed by atoms with Crippen molar-refractivity contribution in [2.24, 2.45) is 0 Å². The SMILES string of the molecule is Fc1ccc(CCNc2nc3nc4cc(-c5nccs5)ccc4n3[nH]2)cc1. The lowest BCUT2D eigenvalue weighted by Gasteiger charge is -2.03. The monoisotopic (exact) mass is 378 g/mol. The van der Waals surface area contributed by atoms with Crippen LogP contribution in [0.5, 0.6) is 0 Å². The van der Waals surface area contributed by atoms with Crippen LogP contribution in [0.3, 0.4) is 0 Å². The molecule has 3 heterocycles. The van der Waals surface area contributed by atoms with Gasteiger partial charge in [0.2, 0.25) is 5.95 Å². The van der Waals surface area contributed by atoms with E-state index >= 15 is 0 Å². The molecule has 0 unspecified atom stereocenters. The van der Waals surface area contributed by atoms with Crippen LogP contribution in [0.1, 0.15) is 5.56 Å². The highest BCUT2D eigenvalue weighted by Gasteiger charge is 2.11. The topological polar surface area (TPSA) is 70.9 Å². The minimum Gasteiger partial charge on any atom is -0.354 e. The number of nitrogens with zero attached hydrogens (tertiary/aromatic N) is 4. The average molecular weight is 378 g/mol. The Morgan fingerprint density at radius 1 is 1.11 bits per heavy atom. The van der Waals surface area contributed by atoms with Gasteiger partial charge in [-0.05, 0) is 42.3 Å². The lowest BCUT2D eigenvalue weighted by atomic mass is 10.1. The fraction of sp³-hybridized carbons (Fsp3) is 0.105. The maximum Gasteiger partial charge on any atom is 0.253 e. The van der Waals surface area contributed by atoms with Crippen LogP contribution in [0.4, 0.5) is 10.3 Å². The quantitative estimate of drug-likeness (QED) is 0.482. The summed E-state index contributed by atoms with van der Waals surface area (Å²) in [5.41, 5.74) is 3.96. The second kappa shape index (κ2) is 6.48. The molecule has 0 spiro atoms. The van der Waals surface area contributed by atoms with Gasteiger partial charge >= 0.3 is 0 Å². The second-order valence-corrected chi connectivity index (χ2v) is 7.06. The molecule has 8 heteroatoms. The predicted molar refractivity (Wildman–Crippen MR) is 105 cm³/mol. The summed E-state index contributed by atoms with van der Waals surface area (Å²) >= 11 is 1.60. The van der Waals surface area contributed by atoms with Gasteiger partial charge in [-0.2, -0.15) is 4.98 Å². The molecule has 0 saturated heterocycles. The van der Waals surface area contributed by atoms with Crippen LogP contribution in [0.15, 0.2) is 54.0 Å². The van der Waals surface area contributed by atoms with E-state index < -0.39 is 0 Å². The summed E-state index contributed by atoms with van der Waals surface area (Å²) in [6.07, 6.45) is 2.58. The normalized spacial score (nSPS) is 11.4. The van der Waals surface area contributed by atoms with E-state index in [0.29, 0.717) is 18.3 Å². The molecule has 0 saturated carbocycles. The molecule has 0 atom stereocenters. The van der Waals surface area contributed by atoms with Crippen molar-refractivity contribution >= 4 is 34.1 Å². The summed E-state index contributed by atoms with van der Waals surface area (Å²) in [7, 11) is 0. The van der Waals surface area contributed by atoms with Crippen molar-refractivity contribution in [1.82, 2.24) is 24.6 Å². The van der Waals surface area contributed by atoms with Crippen LogP contribution in [0, 0.1) is 5.82 Å². The molecule has 3 aromatic heterocycles. The van der Waals surface area contributed by atoms with Crippen molar-refractivity contribution in [3.63, 3.8) is 0 Å². The summed E-state index contributed by atoms with van der Waals surface area (Å²) < 4.78 is 14.8. The lowest BCUT2D eigenvalue weighted by Crippen LogP contribution is -2.06. The molecule has 0 aliphatic rings. The first-order valence-corrected chi connectivity index (χ1v) is 9.41. The van der Waals surface area contributed by atoms with E-state index in [2.05, 4.69) is 25.4 Å². The average Bonchev–Trinajstić information content (AvgIpc) is 3.39. The number of thiazole rings is 1. The maximum absolute atomic E-state index is 12.9. The molecular weight excluding hydrogens is 363 g/mol. The smallest absolute Gasteiger partial charge is 0.253 e. The molecule has 0 radical (unpaired) electrons. The van der Waals surface area contributed by atoms with Gasteiger partial charge < -0.3 is 5.32 Å². The van der Waals surface area contributed by atoms with E-state index in [1.54, 1.807) is 29.7 Å². The Morgan fingerprint density at radius 3 is 2.81 bits per heavy atom. The summed E-state index contributed by atoms with van der Waals surface area (Å²) in [4.78, 5) is 13.4. The zero-order chi connectivity index (χ0) is 18.2. The highest BCUT2D eigenvalue weighted by atomic mass is 32.1. The van der Waals surface area contributed by atoms with Gasteiger partial charge in [0.15, 0.2) is 0 Å². The lowest BCUT2D eigenvalue weighted by molar-refractivity contribution is 0.627. The van der Waals surface area contributed by atoms with Crippen LogP contribution in [-0.2, 0) is 6.42 Å². The van der Waals surface area contributed by atoms with Gasteiger partial charge in [0.25, 0.3) is 5.78 Å². The number of fused-ring (bicyclic) bond motifs is 3. The minimum absolute atomic E-state index is 0.219. The van der Waals surface area contributed by atoms with Gasteiger partial charge in [-0.25, -0.2) is 18.9 Å². The molecule has 0 aliphatic heterocycles. The summed E-state index contributed by atoms with van der Waals surface area (Å²) in [6.45, 7) is 0.689. The Morgan fingerprint density at radius 2 is 2.00 bits per heavy atom. The van der Waals surface area contributed by atoms with E-state index in [1.807, 2.05) is 28.1 Å². The largest absolute Gasteiger partial charge is 0.354 e. The standard InChI is InChI=1S/C19H15FN6S/c20-14-4-1-12(2-5-14)7-8-22-18-24-19-23-15-11-13(17-21-9-10-27-17)3-6-16(15)26(19)25-18/h1-6,9-11H,7-8H2,(H2,22,23,24,25). The van der Waals surface area contributed by atoms with Gasteiger partial charge in [-0.3, -0.25) is 5.10 Å². The van der Waals surface area contributed by atoms with Crippen LogP contribution in [0.2, 0.25) is 0 Å². The van der Waals surface area contributed by atoms with Gasteiger partial charge in [-0.1, -0.05) is 12.1 Å². The van der Waals surface area contributed by atoms with Crippen LogP contribution in [0.25, 0.3) is 27.4 Å². The molecule has 2 N–H and O–H groups in total. The predicted octanol–water partition coefficient (Wildman–Crippen LogP) is 4.13. The number of hydrogen-bond acceptors (Lipinski definition) is 5. The molecule has 5 rings (SSSR count). The third-order valence-corrected chi connectivity index (χ3v) is 5.19. The van der Waals surface area contributed by atoms with Gasteiger partial charge in [0, 0.05) is 23.7 Å². The first kappa shape index (κ1) is 16.0. The van der Waals surface area contributed by atoms with E-state index in [4.69, 9.17) is 0 Å². The van der Waals surface area contributed by atoms with Crippen LogP contribution >= 0.6 is 11.3 Å². The molecule has 0 fully saturated rings. The number of anilines is 1. The third-order valence-electron chi connectivity index (χ3n) is 4.36. The Balaban J connectivity index is 1.35. The van der Waals surface area contributed by atoms with E-state index in [1.165, 1.54) is 12.1 Å². The molecule has 0 amide bonds. The molecular formula is C19H15FN6S. The number of nitrogens with one attached hydrogen (secondary N) is 2. The fourth-order valence-electron chi connectivity index (χ4n) is 3.04. The van der Waals surface area contributed by atoms with E-state index in [9.17, 15) is 4.39 Å². The maximum atomic E-state index is 12.9. The van der Waals surface area contributed by atoms with Crippen molar-refractivity contribution in [3.8, 4) is 10.6 Å². The third kappa shape index (κ3) is 3.04. The van der Waals surface area contributed by atoms with Crippen molar-refractivity contribution in [2.75, 3.05) is 11.9 Å². The van der Waals surface area contributed by atoms with Gasteiger partial charge in [0.1, 0.15) is 10.8 Å². The van der Waals surface area contributed by atoms with Crippen LogP contribution in [-0.4, -0.2) is 31.1 Å². The van der Waals surface area contributed by atoms with Crippen molar-refractivity contribution in [3.05, 3.63) is 65.4 Å². The Hall–Kier alpha value is -3.26. The zero-order valence-electron chi connectivity index (χ0n) is 14.2. The van der Waals surface area contributed by atoms with Gasteiger partial charge in [-0.15, -0.1) is 11.3 Å². The second-order valence-electron chi connectivity index (χ2n) is 6.16. The summed E-state index contributed by atoms with van der Waals surface area (Å²) in [6, 6.07) is 12.6. The number of H-pyrrole nitrogens is 1. The molecule has 134 valence electrons. The number of rotatable bonds is 5. The number of halogens is 1. The van der Waals surface area contributed by atoms with Crippen molar-refractivity contribution in [2.45, 2.75) is 6.42 Å². The first-order valence-electron chi connectivity index (χ1n) is 8.53. The Labute approximate surface area is 157 Å². The Kier molecular flexibility index (Phi) is 3.83. The van der Waals surface area contributed by atoms with E-state index in [0.717, 1.165) is 33.6 Å². The van der Waals surface area contributed by atoms with Crippen molar-refractivity contribution in [1.29, 1.82) is 0 Å². The minimum atomic E-state index is -0.219. The molecule has 2 aromatic carbocycles. The number of aromatic nitrogens is 5. The molecule has 5 aromatic rings. The molecule has 6 nitrogen and oxygen atoms in total. The highest BCUT2D eigenvalue weighted by Crippen LogP contribution is 2.26. The molecule has 0 bridgehead atoms. The van der Waals surface area contributed by atoms with E-state index in [-0.39, 0.29) is 5.82 Å². The Bertz CT molecular complexity index is 1210. The van der Waals surface area contributed by atoms with Crippen LogP contribution < -0.4 is 5.32 Å². The summed E-state index contributed by atoms with van der Waals surface area (Å²) in [5.74, 6) is 1.06. The highest BCUT2D eigenvalue weighted by molar-refractivity contribution is 7.13. The number of imidazole rings is 1. The fourth-order valence-corrected chi connectivity index (χ4v) is 3.67. The summed E-state index contributed by atoms with van der Waals surface area (Å²) in [5, 5.41) is 9.42. The molecule has 27 heavy (non-hydrogen) atoms. The number of benzene rings is 2. The van der Waals surface area contributed by atoms with Gasteiger partial charge in [0.05, 0.1) is 11.0 Å². The number of hydrogen-bond donors (Lipinski definition) is 2. The number of aromatic amines is 1. The van der Waals surface area contributed by atoms with Crippen molar-refractivity contribution < 1.29 is 4.39 Å². The molecule has 0 aliphatic carbocycles.